The van der Waals surface area contributed by atoms with E-state index in [4.69, 9.17) is 9.47 Å². The van der Waals surface area contributed by atoms with Crippen LogP contribution in [-0.2, 0) is 9.47 Å². The minimum absolute atomic E-state index is 0.0520. The second kappa shape index (κ2) is 10.6. The van der Waals surface area contributed by atoms with Gasteiger partial charge in [0.05, 0.1) is 18.8 Å². The number of nitrogens with zero attached hydrogens (tertiary/aromatic N) is 5. The topological polar surface area (TPSA) is 71.0 Å². The summed E-state index contributed by atoms with van der Waals surface area (Å²) in [5.41, 5.74) is 0.588. The van der Waals surface area contributed by atoms with Gasteiger partial charge in [0, 0.05) is 70.9 Å². The second-order valence-corrected chi connectivity index (χ2v) is 8.73. The van der Waals surface area contributed by atoms with Crippen LogP contribution in [0.5, 0.6) is 0 Å². The van der Waals surface area contributed by atoms with E-state index in [0.717, 1.165) is 85.1 Å². The molecule has 1 aromatic heterocycles. The normalized spacial score (nSPS) is 25.8. The van der Waals surface area contributed by atoms with Crippen LogP contribution in [-0.4, -0.2) is 109 Å². The highest BCUT2D eigenvalue weighted by Gasteiger charge is 2.35. The second-order valence-electron chi connectivity index (χ2n) is 8.73. The molecule has 2 unspecified atom stereocenters. The van der Waals surface area contributed by atoms with Crippen molar-refractivity contribution in [3.05, 3.63) is 23.8 Å². The molecule has 3 aliphatic heterocycles. The Bertz CT molecular complexity index is 680. The van der Waals surface area contributed by atoms with Crippen molar-refractivity contribution in [2.24, 2.45) is 5.92 Å². The summed E-state index contributed by atoms with van der Waals surface area (Å²) in [6.45, 7) is 12.1. The summed E-state index contributed by atoms with van der Waals surface area (Å²) >= 11 is 0. The zero-order valence-corrected chi connectivity index (χ0v) is 18.2. The Morgan fingerprint density at radius 1 is 1.17 bits per heavy atom. The fraction of sp³-hybridized carbons (Fsp3) is 0.773. The number of rotatable bonds is 7. The summed E-state index contributed by atoms with van der Waals surface area (Å²) in [5.74, 6) is 1.33. The molecule has 0 saturated carbocycles. The lowest BCUT2D eigenvalue weighted by Gasteiger charge is -2.46. The maximum atomic E-state index is 12.8. The molecule has 30 heavy (non-hydrogen) atoms. The number of aromatic nitrogens is 2. The number of piperazine rings is 1. The van der Waals surface area contributed by atoms with Gasteiger partial charge in [-0.25, -0.2) is 9.97 Å². The third-order valence-electron chi connectivity index (χ3n) is 6.57. The van der Waals surface area contributed by atoms with Crippen molar-refractivity contribution in [3.63, 3.8) is 0 Å². The number of carbonyl (C=O) groups is 1. The number of aryl methyl sites for hydroxylation is 1. The monoisotopic (exact) mass is 417 g/mol. The Labute approximate surface area is 179 Å². The Balaban J connectivity index is 1.18. The van der Waals surface area contributed by atoms with Crippen molar-refractivity contribution >= 4 is 5.91 Å². The van der Waals surface area contributed by atoms with E-state index in [2.05, 4.69) is 19.8 Å². The molecule has 0 aromatic carbocycles. The average molecular weight is 418 g/mol. The van der Waals surface area contributed by atoms with Crippen LogP contribution in [0.25, 0.3) is 0 Å². The molecule has 1 aromatic rings. The summed E-state index contributed by atoms with van der Waals surface area (Å²) in [6, 6.07) is 0.435. The molecule has 2 atom stereocenters. The van der Waals surface area contributed by atoms with E-state index in [9.17, 15) is 4.79 Å². The summed E-state index contributed by atoms with van der Waals surface area (Å²) in [5, 5.41) is 0. The van der Waals surface area contributed by atoms with Crippen molar-refractivity contribution in [1.29, 1.82) is 0 Å². The predicted octanol–water partition coefficient (Wildman–Crippen LogP) is 1.06. The molecule has 1 amide bonds. The number of ether oxygens (including phenoxy) is 2. The number of carbonyl (C=O) groups excluding carboxylic acids is 1. The quantitative estimate of drug-likeness (QED) is 0.615. The predicted molar refractivity (Wildman–Crippen MR) is 113 cm³/mol. The zero-order chi connectivity index (χ0) is 20.8. The van der Waals surface area contributed by atoms with E-state index >= 15 is 0 Å². The number of morpholine rings is 1. The van der Waals surface area contributed by atoms with Crippen LogP contribution in [0.2, 0.25) is 0 Å². The lowest BCUT2D eigenvalue weighted by Crippen LogP contribution is -2.57. The van der Waals surface area contributed by atoms with Crippen molar-refractivity contribution in [2.45, 2.75) is 32.2 Å². The Morgan fingerprint density at radius 3 is 2.77 bits per heavy atom. The molecule has 8 nitrogen and oxygen atoms in total. The van der Waals surface area contributed by atoms with Gasteiger partial charge < -0.3 is 14.4 Å². The highest BCUT2D eigenvalue weighted by molar-refractivity contribution is 5.93. The van der Waals surface area contributed by atoms with Gasteiger partial charge >= 0.3 is 0 Å². The van der Waals surface area contributed by atoms with E-state index in [1.54, 1.807) is 12.4 Å². The summed E-state index contributed by atoms with van der Waals surface area (Å²) < 4.78 is 11.4. The van der Waals surface area contributed by atoms with Crippen LogP contribution in [0.15, 0.2) is 12.4 Å². The Kier molecular flexibility index (Phi) is 7.65. The third-order valence-corrected chi connectivity index (χ3v) is 6.57. The first kappa shape index (κ1) is 21.6. The largest absolute Gasteiger partial charge is 0.381 e. The first-order valence-electron chi connectivity index (χ1n) is 11.4. The molecule has 0 aliphatic carbocycles. The van der Waals surface area contributed by atoms with Gasteiger partial charge in [-0.15, -0.1) is 0 Å². The Hall–Kier alpha value is -1.61. The number of amides is 1. The van der Waals surface area contributed by atoms with Crippen LogP contribution in [0.4, 0.5) is 0 Å². The minimum Gasteiger partial charge on any atom is -0.381 e. The molecule has 0 bridgehead atoms. The molecule has 3 saturated heterocycles. The molecular formula is C22H35N5O3. The molecule has 166 valence electrons. The van der Waals surface area contributed by atoms with Gasteiger partial charge in [0.25, 0.3) is 5.91 Å². The van der Waals surface area contributed by atoms with Gasteiger partial charge in [-0.05, 0) is 38.6 Å². The van der Waals surface area contributed by atoms with E-state index < -0.39 is 0 Å². The molecule has 3 fully saturated rings. The van der Waals surface area contributed by atoms with Crippen molar-refractivity contribution in [3.8, 4) is 0 Å². The first-order chi connectivity index (χ1) is 14.7. The van der Waals surface area contributed by atoms with Crippen molar-refractivity contribution in [1.82, 2.24) is 24.7 Å². The van der Waals surface area contributed by atoms with Crippen LogP contribution in [0.3, 0.4) is 0 Å². The van der Waals surface area contributed by atoms with E-state index in [0.29, 0.717) is 23.3 Å². The molecular weight excluding hydrogens is 382 g/mol. The number of hydrogen-bond donors (Lipinski definition) is 0. The number of hydrogen-bond acceptors (Lipinski definition) is 7. The first-order valence-corrected chi connectivity index (χ1v) is 11.4. The summed E-state index contributed by atoms with van der Waals surface area (Å²) in [6.07, 6.45) is 6.68. The molecule has 4 heterocycles. The molecule has 0 N–H and O–H groups in total. The van der Waals surface area contributed by atoms with Crippen molar-refractivity contribution in [2.75, 3.05) is 72.2 Å². The molecule has 8 heteroatoms. The molecule has 4 rings (SSSR count). The maximum absolute atomic E-state index is 12.8. The highest BCUT2D eigenvalue weighted by Crippen LogP contribution is 2.26. The van der Waals surface area contributed by atoms with Gasteiger partial charge in [-0.2, -0.15) is 0 Å². The van der Waals surface area contributed by atoms with E-state index in [-0.39, 0.29) is 5.91 Å². The smallest absolute Gasteiger partial charge is 0.257 e. The fourth-order valence-corrected chi connectivity index (χ4v) is 4.75. The Morgan fingerprint density at radius 2 is 1.97 bits per heavy atom. The fourth-order valence-electron chi connectivity index (χ4n) is 4.75. The number of piperidine rings is 1. The SMILES string of the molecule is Cc1ncc(C(=O)N2CCN3CCC(COCCCN4CCOCC4)CC3C2)cn1. The van der Waals surface area contributed by atoms with Crippen LogP contribution < -0.4 is 0 Å². The van der Waals surface area contributed by atoms with Gasteiger partial charge in [-0.1, -0.05) is 0 Å². The lowest BCUT2D eigenvalue weighted by atomic mass is 9.90. The zero-order valence-electron chi connectivity index (χ0n) is 18.2. The summed E-state index contributed by atoms with van der Waals surface area (Å²) in [7, 11) is 0. The molecule has 0 spiro atoms. The maximum Gasteiger partial charge on any atom is 0.257 e. The van der Waals surface area contributed by atoms with Crippen LogP contribution >= 0.6 is 0 Å². The van der Waals surface area contributed by atoms with Gasteiger partial charge in [0.1, 0.15) is 5.82 Å². The van der Waals surface area contributed by atoms with Crippen LogP contribution in [0.1, 0.15) is 35.4 Å². The van der Waals surface area contributed by atoms with Gasteiger partial charge in [0.15, 0.2) is 0 Å². The standard InChI is InChI=1S/C22H35N5O3/c1-18-23-14-20(15-24-18)22(28)27-7-6-26-5-3-19(13-21(26)16-27)17-30-10-2-4-25-8-11-29-12-9-25/h14-15,19,21H,2-13,16-17H2,1H3. The highest BCUT2D eigenvalue weighted by atomic mass is 16.5. The summed E-state index contributed by atoms with van der Waals surface area (Å²) in [4.78, 5) is 28.2. The van der Waals surface area contributed by atoms with Crippen LogP contribution in [0, 0.1) is 12.8 Å². The minimum atomic E-state index is 0.0520. The lowest BCUT2D eigenvalue weighted by molar-refractivity contribution is 0.00129. The van der Waals surface area contributed by atoms with Gasteiger partial charge in [-0.3, -0.25) is 14.6 Å². The molecule has 0 radical (unpaired) electrons. The average Bonchev–Trinajstić information content (AvgIpc) is 2.79. The van der Waals surface area contributed by atoms with Crippen molar-refractivity contribution < 1.29 is 14.3 Å². The van der Waals surface area contributed by atoms with Gasteiger partial charge in [0.2, 0.25) is 0 Å². The van der Waals surface area contributed by atoms with E-state index in [1.165, 1.54) is 6.42 Å². The van der Waals surface area contributed by atoms with E-state index in [1.807, 2.05) is 11.8 Å². The third kappa shape index (κ3) is 5.75. The number of fused-ring (bicyclic) bond motifs is 1. The molecule has 3 aliphatic rings.